The van der Waals surface area contributed by atoms with Crippen LogP contribution in [0.5, 0.6) is 0 Å². The van der Waals surface area contributed by atoms with Crippen LogP contribution in [-0.2, 0) is 4.74 Å². The molecule has 0 bridgehead atoms. The number of ether oxygens (including phenoxy) is 1. The molecule has 0 spiro atoms. The van der Waals surface area contributed by atoms with Crippen LogP contribution in [0.2, 0.25) is 0 Å². The molecule has 2 aromatic heterocycles. The van der Waals surface area contributed by atoms with Gasteiger partial charge in [0.1, 0.15) is 17.5 Å². The lowest BCUT2D eigenvalue weighted by Gasteiger charge is -2.20. The van der Waals surface area contributed by atoms with Gasteiger partial charge in [0.2, 0.25) is 0 Å². The molecule has 0 aliphatic heterocycles. The van der Waals surface area contributed by atoms with Gasteiger partial charge in [0, 0.05) is 13.2 Å². The highest BCUT2D eigenvalue weighted by atomic mass is 16.5. The molecular weight excluding hydrogens is 244 g/mol. The van der Waals surface area contributed by atoms with Crippen molar-refractivity contribution in [2.24, 2.45) is 5.92 Å². The zero-order chi connectivity index (χ0) is 13.7. The van der Waals surface area contributed by atoms with Gasteiger partial charge in [-0.2, -0.15) is 4.98 Å². The van der Waals surface area contributed by atoms with Crippen molar-refractivity contribution in [1.29, 1.82) is 0 Å². The van der Waals surface area contributed by atoms with Crippen molar-refractivity contribution >= 4 is 16.9 Å². The Hall–Kier alpha value is -1.69. The standard InChI is InChI=1S/C13H20N4O2/c1-4-18-11(9(2)3)5-6-14-12-10-7-17-19-13(10)16-8-15-12/h7-9,11H,4-6H2,1-3H3,(H,14,15,16). The first-order valence-corrected chi connectivity index (χ1v) is 6.63. The molecule has 1 N–H and O–H groups in total. The fraction of sp³-hybridized carbons (Fsp3) is 0.615. The molecule has 0 saturated heterocycles. The first-order valence-electron chi connectivity index (χ1n) is 6.63. The molecule has 6 nitrogen and oxygen atoms in total. The van der Waals surface area contributed by atoms with Crippen LogP contribution < -0.4 is 5.32 Å². The van der Waals surface area contributed by atoms with Crippen LogP contribution >= 0.6 is 0 Å². The van der Waals surface area contributed by atoms with Gasteiger partial charge in [0.15, 0.2) is 0 Å². The quantitative estimate of drug-likeness (QED) is 0.828. The summed E-state index contributed by atoms with van der Waals surface area (Å²) in [6.07, 6.45) is 4.29. The molecule has 0 fully saturated rings. The Morgan fingerprint density at radius 2 is 2.21 bits per heavy atom. The minimum Gasteiger partial charge on any atom is -0.378 e. The normalized spacial score (nSPS) is 13.1. The maximum atomic E-state index is 5.71. The first kappa shape index (κ1) is 13.7. The van der Waals surface area contributed by atoms with Crippen molar-refractivity contribution in [2.45, 2.75) is 33.3 Å². The van der Waals surface area contributed by atoms with E-state index in [2.05, 4.69) is 34.3 Å². The predicted octanol–water partition coefficient (Wildman–Crippen LogP) is 2.48. The number of hydrogen-bond acceptors (Lipinski definition) is 6. The number of nitrogens with zero attached hydrogens (tertiary/aromatic N) is 3. The van der Waals surface area contributed by atoms with E-state index in [1.165, 1.54) is 6.33 Å². The Labute approximate surface area is 112 Å². The Morgan fingerprint density at radius 1 is 1.37 bits per heavy atom. The number of nitrogens with one attached hydrogen (secondary N) is 1. The molecule has 2 aromatic rings. The van der Waals surface area contributed by atoms with E-state index in [4.69, 9.17) is 9.26 Å². The lowest BCUT2D eigenvalue weighted by atomic mass is 10.0. The van der Waals surface area contributed by atoms with Crippen LogP contribution in [0, 0.1) is 5.92 Å². The SMILES string of the molecule is CCOC(CCNc1ncnc2oncc12)C(C)C. The lowest BCUT2D eigenvalue weighted by molar-refractivity contribution is 0.0272. The molecule has 0 aliphatic rings. The lowest BCUT2D eigenvalue weighted by Crippen LogP contribution is -2.23. The zero-order valence-electron chi connectivity index (χ0n) is 11.6. The number of hydrogen-bond donors (Lipinski definition) is 1. The molecule has 0 radical (unpaired) electrons. The number of rotatable bonds is 7. The van der Waals surface area contributed by atoms with Crippen LogP contribution in [0.4, 0.5) is 5.82 Å². The van der Waals surface area contributed by atoms with Gasteiger partial charge in [-0.05, 0) is 19.3 Å². The van der Waals surface area contributed by atoms with E-state index < -0.39 is 0 Å². The van der Waals surface area contributed by atoms with Crippen LogP contribution in [0.1, 0.15) is 27.2 Å². The molecule has 1 unspecified atom stereocenters. The van der Waals surface area contributed by atoms with Gasteiger partial charge in [0.25, 0.3) is 5.71 Å². The molecule has 0 aromatic carbocycles. The summed E-state index contributed by atoms with van der Waals surface area (Å²) in [6, 6.07) is 0. The monoisotopic (exact) mass is 264 g/mol. The number of fused-ring (bicyclic) bond motifs is 1. The highest BCUT2D eigenvalue weighted by molar-refractivity contribution is 5.83. The van der Waals surface area contributed by atoms with Gasteiger partial charge in [-0.25, -0.2) is 4.98 Å². The second kappa shape index (κ2) is 6.47. The largest absolute Gasteiger partial charge is 0.378 e. The van der Waals surface area contributed by atoms with Gasteiger partial charge in [-0.3, -0.25) is 0 Å². The van der Waals surface area contributed by atoms with Crippen molar-refractivity contribution in [2.75, 3.05) is 18.5 Å². The Balaban J connectivity index is 1.93. The second-order valence-electron chi connectivity index (χ2n) is 4.72. The summed E-state index contributed by atoms with van der Waals surface area (Å²) >= 11 is 0. The summed E-state index contributed by atoms with van der Waals surface area (Å²) in [6.45, 7) is 7.90. The average Bonchev–Trinajstić information content (AvgIpc) is 2.86. The summed E-state index contributed by atoms with van der Waals surface area (Å²) in [4.78, 5) is 8.20. The topological polar surface area (TPSA) is 73.1 Å². The minimum absolute atomic E-state index is 0.261. The first-order chi connectivity index (χ1) is 9.22. The summed E-state index contributed by atoms with van der Waals surface area (Å²) in [7, 11) is 0. The maximum absolute atomic E-state index is 5.71. The fourth-order valence-corrected chi connectivity index (χ4v) is 1.99. The molecule has 104 valence electrons. The summed E-state index contributed by atoms with van der Waals surface area (Å²) in [5, 5.41) is 7.81. The van der Waals surface area contributed by atoms with Gasteiger partial charge in [0.05, 0.1) is 12.3 Å². The van der Waals surface area contributed by atoms with Gasteiger partial charge in [-0.1, -0.05) is 19.0 Å². The van der Waals surface area contributed by atoms with E-state index in [9.17, 15) is 0 Å². The molecular formula is C13H20N4O2. The number of anilines is 1. The molecule has 6 heteroatoms. The summed E-state index contributed by atoms with van der Waals surface area (Å²) < 4.78 is 10.7. The third kappa shape index (κ3) is 3.41. The van der Waals surface area contributed by atoms with Crippen molar-refractivity contribution in [3.8, 4) is 0 Å². The summed E-state index contributed by atoms with van der Waals surface area (Å²) in [5.41, 5.74) is 0.503. The molecule has 0 saturated carbocycles. The van der Waals surface area contributed by atoms with Crippen LogP contribution in [0.15, 0.2) is 17.0 Å². The van der Waals surface area contributed by atoms with Gasteiger partial charge < -0.3 is 14.6 Å². The third-order valence-corrected chi connectivity index (χ3v) is 3.01. The van der Waals surface area contributed by atoms with Crippen LogP contribution in [0.25, 0.3) is 11.1 Å². The average molecular weight is 264 g/mol. The summed E-state index contributed by atoms with van der Waals surface area (Å²) in [5.74, 6) is 1.26. The van der Waals surface area contributed by atoms with E-state index in [1.54, 1.807) is 6.20 Å². The van der Waals surface area contributed by atoms with E-state index >= 15 is 0 Å². The molecule has 19 heavy (non-hydrogen) atoms. The molecule has 0 amide bonds. The highest BCUT2D eigenvalue weighted by Gasteiger charge is 2.13. The fourth-order valence-electron chi connectivity index (χ4n) is 1.99. The molecule has 2 heterocycles. The highest BCUT2D eigenvalue weighted by Crippen LogP contribution is 2.18. The predicted molar refractivity (Wildman–Crippen MR) is 73.0 cm³/mol. The van der Waals surface area contributed by atoms with Crippen LogP contribution in [0.3, 0.4) is 0 Å². The molecule has 2 rings (SSSR count). The zero-order valence-corrected chi connectivity index (χ0v) is 11.6. The Kier molecular flexibility index (Phi) is 4.68. The van der Waals surface area contributed by atoms with Crippen LogP contribution in [-0.4, -0.2) is 34.4 Å². The molecule has 1 atom stereocenters. The third-order valence-electron chi connectivity index (χ3n) is 3.01. The smallest absolute Gasteiger partial charge is 0.262 e. The van der Waals surface area contributed by atoms with E-state index in [0.29, 0.717) is 11.6 Å². The maximum Gasteiger partial charge on any atom is 0.262 e. The minimum atomic E-state index is 0.261. The molecule has 0 aliphatic carbocycles. The van der Waals surface area contributed by atoms with E-state index in [1.807, 2.05) is 6.92 Å². The Morgan fingerprint density at radius 3 is 2.95 bits per heavy atom. The van der Waals surface area contributed by atoms with Gasteiger partial charge >= 0.3 is 0 Å². The van der Waals surface area contributed by atoms with Crippen molar-refractivity contribution < 1.29 is 9.26 Å². The van der Waals surface area contributed by atoms with Crippen molar-refractivity contribution in [3.63, 3.8) is 0 Å². The van der Waals surface area contributed by atoms with E-state index in [0.717, 1.165) is 30.8 Å². The van der Waals surface area contributed by atoms with E-state index in [-0.39, 0.29) is 6.10 Å². The number of aromatic nitrogens is 3. The van der Waals surface area contributed by atoms with Crippen molar-refractivity contribution in [3.05, 3.63) is 12.5 Å². The second-order valence-corrected chi connectivity index (χ2v) is 4.72. The van der Waals surface area contributed by atoms with Crippen molar-refractivity contribution in [1.82, 2.24) is 15.1 Å². The Bertz CT molecular complexity index is 512. The van der Waals surface area contributed by atoms with Gasteiger partial charge in [-0.15, -0.1) is 0 Å².